The second-order valence-electron chi connectivity index (χ2n) is 10.1. The van der Waals surface area contributed by atoms with Gasteiger partial charge < -0.3 is 35.2 Å². The standard InChI is InChI=1S/C30H35F3N7O6P/c1-4-45-47(44,46-5-2)18-19-6-9-22(10-7-19)37-29-35-14-25(30(31,32)33)27(39-29)38-26-11-8-20(12-24(26)28(43)34-3)21-13-36-40(15-21)16-23(42)17-41/h6-15,23,41-42H,4-5,16-18H2,1-3H3,(H,34,43)(H2,35,37,38,39). The Bertz CT molecular complexity index is 1710. The number of aromatic nitrogens is 4. The quantitative estimate of drug-likeness (QED) is 0.103. The van der Waals surface area contributed by atoms with Crippen molar-refractivity contribution in [2.75, 3.05) is 37.5 Å². The third kappa shape index (κ3) is 9.36. The molecule has 1 atom stereocenters. The number of rotatable bonds is 15. The van der Waals surface area contributed by atoms with Crippen molar-refractivity contribution < 1.29 is 41.8 Å². The number of alkyl halides is 3. The number of halogens is 3. The molecule has 1 unspecified atom stereocenters. The van der Waals surface area contributed by atoms with Crippen LogP contribution in [-0.4, -0.2) is 68.8 Å². The molecule has 4 rings (SSSR count). The first-order valence-corrected chi connectivity index (χ1v) is 16.2. The lowest BCUT2D eigenvalue weighted by molar-refractivity contribution is -0.137. The first-order chi connectivity index (χ1) is 22.4. The van der Waals surface area contributed by atoms with Crippen molar-refractivity contribution in [3.8, 4) is 11.1 Å². The van der Waals surface area contributed by atoms with E-state index < -0.39 is 43.8 Å². The van der Waals surface area contributed by atoms with Gasteiger partial charge >= 0.3 is 13.8 Å². The van der Waals surface area contributed by atoms with E-state index in [9.17, 15) is 27.6 Å². The average molecular weight is 678 g/mol. The molecule has 13 nitrogen and oxygen atoms in total. The van der Waals surface area contributed by atoms with Crippen LogP contribution >= 0.6 is 7.60 Å². The number of hydrogen-bond donors (Lipinski definition) is 5. The van der Waals surface area contributed by atoms with Gasteiger partial charge in [-0.2, -0.15) is 23.3 Å². The lowest BCUT2D eigenvalue weighted by Gasteiger charge is -2.18. The Morgan fingerprint density at radius 1 is 1.04 bits per heavy atom. The Hall–Kier alpha value is -4.34. The number of aliphatic hydroxyl groups is 2. The Labute approximate surface area is 268 Å². The largest absolute Gasteiger partial charge is 0.421 e. The zero-order chi connectivity index (χ0) is 34.2. The van der Waals surface area contributed by atoms with Crippen LogP contribution in [0, 0.1) is 0 Å². The van der Waals surface area contributed by atoms with Gasteiger partial charge in [0.05, 0.1) is 56.1 Å². The van der Waals surface area contributed by atoms with Crippen LogP contribution in [0.1, 0.15) is 35.3 Å². The number of hydrogen-bond acceptors (Lipinski definition) is 11. The normalized spacial score (nSPS) is 12.5. The second kappa shape index (κ2) is 15.5. The minimum Gasteiger partial charge on any atom is -0.394 e. The molecular weight excluding hydrogens is 642 g/mol. The van der Waals surface area contributed by atoms with Gasteiger partial charge in [0, 0.05) is 30.7 Å². The second-order valence-corrected chi connectivity index (χ2v) is 12.2. The maximum absolute atomic E-state index is 14.0. The van der Waals surface area contributed by atoms with Crippen LogP contribution in [0.4, 0.5) is 36.3 Å². The van der Waals surface area contributed by atoms with Crippen LogP contribution in [0.2, 0.25) is 0 Å². The molecule has 0 bridgehead atoms. The predicted octanol–water partition coefficient (Wildman–Crippen LogP) is 5.33. The molecule has 252 valence electrons. The van der Waals surface area contributed by atoms with E-state index in [1.165, 1.54) is 30.1 Å². The zero-order valence-corrected chi connectivity index (χ0v) is 26.7. The molecule has 0 aliphatic rings. The number of aliphatic hydroxyl groups excluding tert-OH is 2. The number of nitrogens with one attached hydrogen (secondary N) is 3. The fraction of sp³-hybridized carbons (Fsp3) is 0.333. The van der Waals surface area contributed by atoms with Crippen LogP contribution in [0.25, 0.3) is 11.1 Å². The van der Waals surface area contributed by atoms with Crippen LogP contribution in [0.5, 0.6) is 0 Å². The number of amides is 1. The van der Waals surface area contributed by atoms with Crippen LogP contribution in [0.15, 0.2) is 61.1 Å². The summed E-state index contributed by atoms with van der Waals surface area (Å²) in [6, 6.07) is 11.1. The number of carbonyl (C=O) groups is 1. The third-order valence-electron chi connectivity index (χ3n) is 6.65. The van der Waals surface area contributed by atoms with E-state index in [-0.39, 0.29) is 43.1 Å². The lowest BCUT2D eigenvalue weighted by atomic mass is 10.0. The van der Waals surface area contributed by atoms with Crippen molar-refractivity contribution in [1.82, 2.24) is 25.1 Å². The number of nitrogens with zero attached hydrogens (tertiary/aromatic N) is 4. The molecule has 2 heterocycles. The molecule has 47 heavy (non-hydrogen) atoms. The van der Waals surface area contributed by atoms with Crippen molar-refractivity contribution >= 4 is 36.6 Å². The smallest absolute Gasteiger partial charge is 0.394 e. The molecule has 0 aliphatic heterocycles. The number of carbonyl (C=O) groups excluding carboxylic acids is 1. The Morgan fingerprint density at radius 2 is 1.74 bits per heavy atom. The fourth-order valence-corrected chi connectivity index (χ4v) is 6.18. The molecule has 1 amide bonds. The first-order valence-electron chi connectivity index (χ1n) is 14.5. The van der Waals surface area contributed by atoms with Crippen molar-refractivity contribution in [3.63, 3.8) is 0 Å². The van der Waals surface area contributed by atoms with Gasteiger partial charge in [0.25, 0.3) is 5.91 Å². The van der Waals surface area contributed by atoms with Crippen molar-refractivity contribution in [1.29, 1.82) is 0 Å². The van der Waals surface area contributed by atoms with Gasteiger partial charge in [-0.15, -0.1) is 0 Å². The Kier molecular flexibility index (Phi) is 11.7. The number of benzene rings is 2. The molecule has 0 aliphatic carbocycles. The van der Waals surface area contributed by atoms with Gasteiger partial charge in [0.15, 0.2) is 0 Å². The zero-order valence-electron chi connectivity index (χ0n) is 25.8. The molecular formula is C30H35F3N7O6P. The van der Waals surface area contributed by atoms with Gasteiger partial charge in [-0.3, -0.25) is 14.0 Å². The summed E-state index contributed by atoms with van der Waals surface area (Å²) < 4.78 is 67.0. The van der Waals surface area contributed by atoms with Gasteiger partial charge in [-0.25, -0.2) is 4.98 Å². The summed E-state index contributed by atoms with van der Waals surface area (Å²) in [6.45, 7) is 3.46. The van der Waals surface area contributed by atoms with Gasteiger partial charge in [0.1, 0.15) is 11.4 Å². The highest BCUT2D eigenvalue weighted by atomic mass is 31.2. The molecule has 2 aromatic heterocycles. The van der Waals surface area contributed by atoms with Gasteiger partial charge in [0.2, 0.25) is 5.95 Å². The Morgan fingerprint density at radius 3 is 2.36 bits per heavy atom. The highest BCUT2D eigenvalue weighted by Crippen LogP contribution is 2.51. The minimum atomic E-state index is -4.82. The minimum absolute atomic E-state index is 0.0290. The maximum atomic E-state index is 14.0. The SMILES string of the molecule is CCOP(=O)(Cc1ccc(Nc2ncc(C(F)(F)F)c(Nc3ccc(-c4cnn(CC(O)CO)c4)cc3C(=O)NC)n2)cc1)OCC. The molecule has 0 fully saturated rings. The van der Waals surface area contributed by atoms with Crippen LogP contribution < -0.4 is 16.0 Å². The molecule has 17 heteroatoms. The molecule has 0 saturated carbocycles. The van der Waals surface area contributed by atoms with E-state index in [2.05, 4.69) is 31.0 Å². The van der Waals surface area contributed by atoms with Crippen LogP contribution in [-0.2, 0) is 32.5 Å². The lowest BCUT2D eigenvalue weighted by Crippen LogP contribution is -2.20. The highest BCUT2D eigenvalue weighted by molar-refractivity contribution is 7.53. The molecule has 4 aromatic rings. The summed E-state index contributed by atoms with van der Waals surface area (Å²) in [6.07, 6.45) is -2.07. The van der Waals surface area contributed by atoms with Crippen molar-refractivity contribution in [2.45, 2.75) is 38.8 Å². The number of anilines is 4. The summed E-state index contributed by atoms with van der Waals surface area (Å²) in [5, 5.41) is 30.9. The van der Waals surface area contributed by atoms with Crippen molar-refractivity contribution in [3.05, 3.63) is 77.7 Å². The topological polar surface area (TPSA) is 173 Å². The molecule has 2 aromatic carbocycles. The molecule has 0 spiro atoms. The first kappa shape index (κ1) is 35.5. The van der Waals surface area contributed by atoms with Gasteiger partial charge in [-0.1, -0.05) is 18.2 Å². The average Bonchev–Trinajstić information content (AvgIpc) is 3.49. The molecule has 0 saturated heterocycles. The molecule has 0 radical (unpaired) electrons. The van der Waals surface area contributed by atoms with E-state index in [1.807, 2.05) is 0 Å². The van der Waals surface area contributed by atoms with E-state index >= 15 is 0 Å². The summed E-state index contributed by atoms with van der Waals surface area (Å²) in [5.41, 5.74) is 1.13. The van der Waals surface area contributed by atoms with Gasteiger partial charge in [-0.05, 0) is 49.2 Å². The maximum Gasteiger partial charge on any atom is 0.421 e. The van der Waals surface area contributed by atoms with E-state index in [0.717, 1.165) is 0 Å². The third-order valence-corrected chi connectivity index (χ3v) is 8.71. The van der Waals surface area contributed by atoms with E-state index in [4.69, 9.17) is 14.2 Å². The van der Waals surface area contributed by atoms with E-state index in [0.29, 0.717) is 28.6 Å². The summed E-state index contributed by atoms with van der Waals surface area (Å²) in [4.78, 5) is 20.8. The summed E-state index contributed by atoms with van der Waals surface area (Å²) >= 11 is 0. The molecule has 5 N–H and O–H groups in total. The van der Waals surface area contributed by atoms with Crippen LogP contribution in [0.3, 0.4) is 0 Å². The summed E-state index contributed by atoms with van der Waals surface area (Å²) in [5.74, 6) is -1.32. The predicted molar refractivity (Wildman–Crippen MR) is 169 cm³/mol. The van der Waals surface area contributed by atoms with Crippen molar-refractivity contribution in [2.24, 2.45) is 0 Å². The van der Waals surface area contributed by atoms with E-state index in [1.54, 1.807) is 50.4 Å². The Balaban J connectivity index is 1.61. The fourth-order valence-electron chi connectivity index (χ4n) is 4.48. The highest BCUT2D eigenvalue weighted by Gasteiger charge is 2.36. The monoisotopic (exact) mass is 677 g/mol. The summed E-state index contributed by atoms with van der Waals surface area (Å²) in [7, 11) is -1.95.